The van der Waals surface area contributed by atoms with Gasteiger partial charge in [-0.15, -0.1) is 0 Å². The zero-order valence-electron chi connectivity index (χ0n) is 20.1. The highest BCUT2D eigenvalue weighted by Gasteiger charge is 2.51. The van der Waals surface area contributed by atoms with E-state index in [0.717, 1.165) is 0 Å². The highest BCUT2D eigenvalue weighted by atomic mass is 127. The number of carbonyl (C=O) groups excluding carboxylic acids is 2. The second-order valence-corrected chi connectivity index (χ2v) is 11.4. The van der Waals surface area contributed by atoms with Crippen molar-refractivity contribution in [1.82, 2.24) is 0 Å². The quantitative estimate of drug-likeness (QED) is 0.117. The van der Waals surface area contributed by atoms with Crippen molar-refractivity contribution in [3.8, 4) is 11.5 Å². The van der Waals surface area contributed by atoms with Crippen LogP contribution in [0.15, 0.2) is 24.3 Å². The Balaban J connectivity index is 1.67. The van der Waals surface area contributed by atoms with Gasteiger partial charge in [0.05, 0.1) is 45.6 Å². The SMILES string of the molecule is C[C@H]1O[C@@H](O[C@H]2C[C@](O)([C@H](O)CO)Cc3c(O)c4c(c(O)c32)C(=O)c2ccccc2C4=O)[C@@H](I)[C@@H](O)[C@H]1O. The van der Waals surface area contributed by atoms with Crippen LogP contribution in [-0.4, -0.2) is 94.2 Å². The number of hydrogen-bond donors (Lipinski definition) is 7. The van der Waals surface area contributed by atoms with E-state index in [4.69, 9.17) is 9.47 Å². The molecule has 11 nitrogen and oxygen atoms in total. The predicted molar refractivity (Wildman–Crippen MR) is 137 cm³/mol. The molecular weight excluding hydrogens is 615 g/mol. The zero-order valence-corrected chi connectivity index (χ0v) is 22.3. The number of halogens is 1. The summed E-state index contributed by atoms with van der Waals surface area (Å²) in [6.07, 6.45) is -8.34. The van der Waals surface area contributed by atoms with E-state index in [-0.39, 0.29) is 22.3 Å². The molecule has 0 unspecified atom stereocenters. The number of hydrogen-bond acceptors (Lipinski definition) is 11. The van der Waals surface area contributed by atoms with Crippen LogP contribution in [0, 0.1) is 0 Å². The monoisotopic (exact) mass is 642 g/mol. The van der Waals surface area contributed by atoms with Crippen LogP contribution in [0.2, 0.25) is 0 Å². The highest BCUT2D eigenvalue weighted by molar-refractivity contribution is 14.1. The second kappa shape index (κ2) is 9.78. The number of aliphatic hydroxyl groups excluding tert-OH is 4. The summed E-state index contributed by atoms with van der Waals surface area (Å²) in [4.78, 5) is 26.7. The molecule has 1 heterocycles. The lowest BCUT2D eigenvalue weighted by Gasteiger charge is -2.45. The van der Waals surface area contributed by atoms with E-state index in [9.17, 15) is 45.3 Å². The van der Waals surface area contributed by atoms with E-state index < -0.39 is 100.0 Å². The third-order valence-corrected chi connectivity index (χ3v) is 8.99. The molecule has 2 aromatic carbocycles. The number of ketones is 2. The number of alkyl halides is 1. The normalized spacial score (nSPS) is 33.3. The Morgan fingerprint density at radius 2 is 1.66 bits per heavy atom. The van der Waals surface area contributed by atoms with Gasteiger partial charge in [-0.2, -0.15) is 0 Å². The fourth-order valence-corrected chi connectivity index (χ4v) is 6.28. The van der Waals surface area contributed by atoms with E-state index in [1.54, 1.807) is 12.1 Å². The number of aromatic hydroxyl groups is 2. The average molecular weight is 642 g/mol. The van der Waals surface area contributed by atoms with E-state index in [1.165, 1.54) is 19.1 Å². The topological polar surface area (TPSA) is 194 Å². The van der Waals surface area contributed by atoms with Crippen molar-refractivity contribution in [2.45, 2.75) is 66.1 Å². The van der Waals surface area contributed by atoms with Crippen molar-refractivity contribution in [3.05, 3.63) is 57.6 Å². The average Bonchev–Trinajstić information content (AvgIpc) is 2.90. The maximum atomic E-state index is 13.4. The first-order valence-electron chi connectivity index (χ1n) is 12.0. The molecule has 7 N–H and O–H groups in total. The van der Waals surface area contributed by atoms with E-state index in [0.29, 0.717) is 0 Å². The Morgan fingerprint density at radius 3 is 2.24 bits per heavy atom. The van der Waals surface area contributed by atoms with Crippen LogP contribution < -0.4 is 0 Å². The van der Waals surface area contributed by atoms with Crippen LogP contribution in [0.4, 0.5) is 0 Å². The van der Waals surface area contributed by atoms with Gasteiger partial charge in [0, 0.05) is 35.1 Å². The molecule has 0 radical (unpaired) electrons. The fourth-order valence-electron chi connectivity index (χ4n) is 5.51. The second-order valence-electron chi connectivity index (χ2n) is 9.99. The summed E-state index contributed by atoms with van der Waals surface area (Å²) in [5.74, 6) is -2.67. The molecule has 204 valence electrons. The van der Waals surface area contributed by atoms with Crippen LogP contribution in [0.3, 0.4) is 0 Å². The Morgan fingerprint density at radius 1 is 1.08 bits per heavy atom. The van der Waals surface area contributed by atoms with Gasteiger partial charge in [-0.25, -0.2) is 0 Å². The van der Waals surface area contributed by atoms with E-state index >= 15 is 0 Å². The molecule has 1 fully saturated rings. The van der Waals surface area contributed by atoms with Gasteiger partial charge in [0.25, 0.3) is 0 Å². The summed E-state index contributed by atoms with van der Waals surface area (Å²) in [7, 11) is 0. The molecule has 0 spiro atoms. The summed E-state index contributed by atoms with van der Waals surface area (Å²) in [5.41, 5.74) is -3.04. The first-order chi connectivity index (χ1) is 17.9. The summed E-state index contributed by atoms with van der Waals surface area (Å²) in [6.45, 7) is 0.687. The molecular formula is C26H27IO11. The molecule has 1 aliphatic heterocycles. The lowest BCUT2D eigenvalue weighted by molar-refractivity contribution is -0.262. The van der Waals surface area contributed by atoms with Crippen LogP contribution in [-0.2, 0) is 15.9 Å². The number of fused-ring (bicyclic) bond motifs is 3. The molecule has 3 aliphatic rings. The number of benzene rings is 2. The first-order valence-corrected chi connectivity index (χ1v) is 13.3. The maximum absolute atomic E-state index is 13.4. The van der Waals surface area contributed by atoms with Gasteiger partial charge in [0.1, 0.15) is 23.7 Å². The minimum atomic E-state index is -2.07. The molecule has 0 amide bonds. The van der Waals surface area contributed by atoms with Crippen molar-refractivity contribution in [2.75, 3.05) is 6.61 Å². The molecule has 2 aliphatic carbocycles. The molecule has 0 aromatic heterocycles. The molecule has 0 bridgehead atoms. The van der Waals surface area contributed by atoms with Gasteiger partial charge in [0.15, 0.2) is 17.9 Å². The Bertz CT molecular complexity index is 1310. The number of phenolic OH excluding ortho intramolecular Hbond substituents is 2. The smallest absolute Gasteiger partial charge is 0.198 e. The van der Waals surface area contributed by atoms with Gasteiger partial charge in [-0.3, -0.25) is 9.59 Å². The minimum absolute atomic E-state index is 0.0406. The van der Waals surface area contributed by atoms with Gasteiger partial charge in [-0.05, 0) is 6.92 Å². The highest BCUT2D eigenvalue weighted by Crippen LogP contribution is 2.52. The molecule has 0 saturated carbocycles. The number of ether oxygens (including phenoxy) is 2. The molecule has 38 heavy (non-hydrogen) atoms. The Hall–Kier alpha value is -2.17. The number of rotatable bonds is 4. The largest absolute Gasteiger partial charge is 0.507 e. The molecule has 5 rings (SSSR count). The van der Waals surface area contributed by atoms with Crippen molar-refractivity contribution in [2.24, 2.45) is 0 Å². The summed E-state index contributed by atoms with van der Waals surface area (Å²) in [5, 5.41) is 74.7. The van der Waals surface area contributed by atoms with Gasteiger partial charge in [-0.1, -0.05) is 46.9 Å². The van der Waals surface area contributed by atoms with Crippen molar-refractivity contribution in [1.29, 1.82) is 0 Å². The van der Waals surface area contributed by atoms with E-state index in [2.05, 4.69) is 0 Å². The fraction of sp³-hybridized carbons (Fsp3) is 0.462. The lowest BCUT2D eigenvalue weighted by Crippen LogP contribution is -2.56. The van der Waals surface area contributed by atoms with Gasteiger partial charge >= 0.3 is 0 Å². The Labute approximate surface area is 230 Å². The molecule has 2 aromatic rings. The first kappa shape index (κ1) is 27.4. The van der Waals surface area contributed by atoms with Gasteiger partial charge in [0.2, 0.25) is 0 Å². The molecule has 1 saturated heterocycles. The third-order valence-electron chi connectivity index (χ3n) is 7.66. The number of phenols is 2. The minimum Gasteiger partial charge on any atom is -0.507 e. The van der Waals surface area contributed by atoms with Crippen LogP contribution in [0.25, 0.3) is 0 Å². The molecule has 12 heteroatoms. The zero-order chi connectivity index (χ0) is 27.7. The summed E-state index contributed by atoms with van der Waals surface area (Å²) < 4.78 is 11.0. The van der Waals surface area contributed by atoms with Crippen LogP contribution in [0.5, 0.6) is 11.5 Å². The van der Waals surface area contributed by atoms with E-state index in [1.807, 2.05) is 22.6 Å². The predicted octanol–water partition coefficient (Wildman–Crippen LogP) is 0.232. The summed E-state index contributed by atoms with van der Waals surface area (Å²) in [6, 6.07) is 5.98. The maximum Gasteiger partial charge on any atom is 0.198 e. The Kier molecular flexibility index (Phi) is 7.05. The van der Waals surface area contributed by atoms with Crippen molar-refractivity contribution in [3.63, 3.8) is 0 Å². The van der Waals surface area contributed by atoms with Crippen LogP contribution >= 0.6 is 22.6 Å². The number of aliphatic hydroxyl groups is 5. The van der Waals surface area contributed by atoms with Crippen molar-refractivity contribution < 1.29 is 54.8 Å². The summed E-state index contributed by atoms with van der Waals surface area (Å²) >= 11 is 1.83. The standard InChI is InChI=1S/C26H27IO11/c1-9-19(30)24(35)18(27)25(37-9)38-13-7-26(36,14(29)8-28)6-12-15(13)23(34)17-16(22(12)33)20(31)10-4-2-3-5-11(10)21(17)32/h2-5,9,13-14,18-19,24-25,28-30,33-36H,6-8H2,1H3/t9-,13+,14-,18+,19+,24-,25+,26+/m1/s1. The number of carbonyl (C=O) groups is 2. The third kappa shape index (κ3) is 4.05. The van der Waals surface area contributed by atoms with Crippen molar-refractivity contribution >= 4 is 34.2 Å². The van der Waals surface area contributed by atoms with Crippen LogP contribution in [0.1, 0.15) is 62.4 Å². The lowest BCUT2D eigenvalue weighted by atomic mass is 9.71. The van der Waals surface area contributed by atoms with Gasteiger partial charge < -0.3 is 45.2 Å². The molecule has 8 atom stereocenters.